The molecule has 1 saturated heterocycles. The lowest BCUT2D eigenvalue weighted by molar-refractivity contribution is -0.125. The second kappa shape index (κ2) is 9.92. The molecule has 1 fully saturated rings. The number of hydrogen-bond donors (Lipinski definition) is 2. The fourth-order valence-electron chi connectivity index (χ4n) is 2.99. The van der Waals surface area contributed by atoms with E-state index in [9.17, 15) is 4.79 Å². The van der Waals surface area contributed by atoms with Gasteiger partial charge in [-0.15, -0.1) is 0 Å². The molecular formula is C21H27N3O3. The maximum absolute atomic E-state index is 12.3. The standard InChI is InChI=1S/C21H27N3O3/c1-2-13-26-18-7-9-19(10-8-18)27-21-17(6-4-12-23-21)15-24-20(25)16-5-3-11-22-14-16/h4,6-10,12,16,22H,2-3,5,11,13-15H2,1H3,(H,24,25). The van der Waals surface area contributed by atoms with Gasteiger partial charge in [0, 0.05) is 24.8 Å². The van der Waals surface area contributed by atoms with Crippen molar-refractivity contribution < 1.29 is 14.3 Å². The molecule has 3 rings (SSSR count). The molecular weight excluding hydrogens is 342 g/mol. The SMILES string of the molecule is CCCOc1ccc(Oc2ncccc2CNC(=O)C2CCCNC2)cc1. The van der Waals surface area contributed by atoms with Crippen molar-refractivity contribution in [1.29, 1.82) is 0 Å². The van der Waals surface area contributed by atoms with Crippen molar-refractivity contribution in [2.24, 2.45) is 5.92 Å². The van der Waals surface area contributed by atoms with Crippen molar-refractivity contribution in [2.75, 3.05) is 19.7 Å². The van der Waals surface area contributed by atoms with Crippen LogP contribution in [0.3, 0.4) is 0 Å². The molecule has 0 saturated carbocycles. The number of pyridine rings is 1. The summed E-state index contributed by atoms with van der Waals surface area (Å²) in [5.74, 6) is 2.12. The highest BCUT2D eigenvalue weighted by Gasteiger charge is 2.20. The smallest absolute Gasteiger partial charge is 0.224 e. The van der Waals surface area contributed by atoms with Gasteiger partial charge in [-0.3, -0.25) is 4.79 Å². The molecule has 1 aliphatic rings. The first-order valence-corrected chi connectivity index (χ1v) is 9.59. The number of carbonyl (C=O) groups is 1. The van der Waals surface area contributed by atoms with Crippen LogP contribution in [-0.2, 0) is 11.3 Å². The second-order valence-corrected chi connectivity index (χ2v) is 6.65. The summed E-state index contributed by atoms with van der Waals surface area (Å²) in [7, 11) is 0. The summed E-state index contributed by atoms with van der Waals surface area (Å²) in [6, 6.07) is 11.2. The van der Waals surface area contributed by atoms with Crippen LogP contribution in [0.2, 0.25) is 0 Å². The molecule has 2 heterocycles. The Hall–Kier alpha value is -2.60. The minimum Gasteiger partial charge on any atom is -0.494 e. The third kappa shape index (κ3) is 5.69. The second-order valence-electron chi connectivity index (χ2n) is 6.65. The highest BCUT2D eigenvalue weighted by molar-refractivity contribution is 5.79. The molecule has 27 heavy (non-hydrogen) atoms. The van der Waals surface area contributed by atoms with Gasteiger partial charge in [0.05, 0.1) is 12.5 Å². The summed E-state index contributed by atoms with van der Waals surface area (Å²) < 4.78 is 11.5. The van der Waals surface area contributed by atoms with Crippen LogP contribution in [0.4, 0.5) is 0 Å². The Morgan fingerprint density at radius 1 is 1.26 bits per heavy atom. The Morgan fingerprint density at radius 2 is 2.07 bits per heavy atom. The predicted molar refractivity (Wildman–Crippen MR) is 104 cm³/mol. The zero-order valence-electron chi connectivity index (χ0n) is 15.7. The number of nitrogens with zero attached hydrogens (tertiary/aromatic N) is 1. The van der Waals surface area contributed by atoms with E-state index in [1.807, 2.05) is 36.4 Å². The Labute approximate surface area is 160 Å². The number of piperidine rings is 1. The molecule has 144 valence electrons. The van der Waals surface area contributed by atoms with Gasteiger partial charge in [0.25, 0.3) is 0 Å². The van der Waals surface area contributed by atoms with Crippen LogP contribution >= 0.6 is 0 Å². The number of hydrogen-bond acceptors (Lipinski definition) is 5. The first-order chi connectivity index (χ1) is 13.3. The number of amides is 1. The van der Waals surface area contributed by atoms with Crippen molar-refractivity contribution in [2.45, 2.75) is 32.7 Å². The van der Waals surface area contributed by atoms with Gasteiger partial charge in [-0.2, -0.15) is 0 Å². The number of rotatable bonds is 8. The van der Waals surface area contributed by atoms with Crippen LogP contribution in [0, 0.1) is 5.92 Å². The van der Waals surface area contributed by atoms with Crippen molar-refractivity contribution in [3.63, 3.8) is 0 Å². The number of ether oxygens (including phenoxy) is 2. The van der Waals surface area contributed by atoms with E-state index >= 15 is 0 Å². The molecule has 0 bridgehead atoms. The van der Waals surface area contributed by atoms with Gasteiger partial charge in [-0.25, -0.2) is 4.98 Å². The minimum absolute atomic E-state index is 0.0375. The van der Waals surface area contributed by atoms with Gasteiger partial charge in [0.2, 0.25) is 11.8 Å². The van der Waals surface area contributed by atoms with Crippen LogP contribution in [0.15, 0.2) is 42.6 Å². The Kier molecular flexibility index (Phi) is 7.04. The molecule has 0 radical (unpaired) electrons. The first-order valence-electron chi connectivity index (χ1n) is 9.59. The molecule has 2 N–H and O–H groups in total. The summed E-state index contributed by atoms with van der Waals surface area (Å²) >= 11 is 0. The lowest BCUT2D eigenvalue weighted by Gasteiger charge is -2.22. The average Bonchev–Trinajstić information content (AvgIpc) is 2.73. The molecule has 0 aliphatic carbocycles. The van der Waals surface area contributed by atoms with Gasteiger partial charge in [-0.1, -0.05) is 13.0 Å². The first kappa shape index (κ1) is 19.2. The highest BCUT2D eigenvalue weighted by atomic mass is 16.5. The van der Waals surface area contributed by atoms with Crippen molar-refractivity contribution in [1.82, 2.24) is 15.6 Å². The molecule has 1 amide bonds. The number of nitrogens with one attached hydrogen (secondary N) is 2. The monoisotopic (exact) mass is 369 g/mol. The summed E-state index contributed by atoms with van der Waals surface area (Å²) in [6.45, 7) is 4.90. The van der Waals surface area contributed by atoms with E-state index in [2.05, 4.69) is 22.5 Å². The molecule has 1 atom stereocenters. The van der Waals surface area contributed by atoms with Gasteiger partial charge in [-0.05, 0) is 56.1 Å². The van der Waals surface area contributed by atoms with Crippen LogP contribution in [-0.4, -0.2) is 30.6 Å². The maximum Gasteiger partial charge on any atom is 0.224 e. The lowest BCUT2D eigenvalue weighted by atomic mass is 9.99. The topological polar surface area (TPSA) is 72.5 Å². The van der Waals surface area contributed by atoms with E-state index in [0.717, 1.165) is 43.7 Å². The van der Waals surface area contributed by atoms with Crippen LogP contribution in [0.1, 0.15) is 31.7 Å². The van der Waals surface area contributed by atoms with Crippen LogP contribution in [0.25, 0.3) is 0 Å². The van der Waals surface area contributed by atoms with Gasteiger partial charge in [0.15, 0.2) is 0 Å². The van der Waals surface area contributed by atoms with Crippen molar-refractivity contribution >= 4 is 5.91 Å². The zero-order chi connectivity index (χ0) is 18.9. The zero-order valence-corrected chi connectivity index (χ0v) is 15.7. The average molecular weight is 369 g/mol. The molecule has 1 aromatic carbocycles. The van der Waals surface area contributed by atoms with E-state index in [1.165, 1.54) is 0 Å². The van der Waals surface area contributed by atoms with E-state index in [4.69, 9.17) is 9.47 Å². The Morgan fingerprint density at radius 3 is 2.81 bits per heavy atom. The number of aromatic nitrogens is 1. The van der Waals surface area contributed by atoms with E-state index < -0.39 is 0 Å². The number of carbonyl (C=O) groups excluding carboxylic acids is 1. The largest absolute Gasteiger partial charge is 0.494 e. The minimum atomic E-state index is 0.0375. The Bertz CT molecular complexity index is 728. The Balaban J connectivity index is 1.59. The lowest BCUT2D eigenvalue weighted by Crippen LogP contribution is -2.40. The fourth-order valence-corrected chi connectivity index (χ4v) is 2.99. The summed E-state index contributed by atoms with van der Waals surface area (Å²) in [5, 5.41) is 6.28. The molecule has 6 nitrogen and oxygen atoms in total. The van der Waals surface area contributed by atoms with E-state index in [1.54, 1.807) is 6.20 Å². The summed E-state index contributed by atoms with van der Waals surface area (Å²) in [6.07, 6.45) is 4.63. The molecule has 2 aromatic rings. The fraction of sp³-hybridized carbons (Fsp3) is 0.429. The summed E-state index contributed by atoms with van der Waals surface area (Å²) in [4.78, 5) is 16.7. The van der Waals surface area contributed by atoms with Gasteiger partial charge >= 0.3 is 0 Å². The highest BCUT2D eigenvalue weighted by Crippen LogP contribution is 2.25. The quantitative estimate of drug-likeness (QED) is 0.747. The van der Waals surface area contributed by atoms with Crippen LogP contribution < -0.4 is 20.1 Å². The number of benzene rings is 1. The summed E-state index contributed by atoms with van der Waals surface area (Å²) in [5.41, 5.74) is 0.848. The van der Waals surface area contributed by atoms with Crippen LogP contribution in [0.5, 0.6) is 17.4 Å². The van der Waals surface area contributed by atoms with Crippen molar-refractivity contribution in [3.8, 4) is 17.4 Å². The molecule has 1 unspecified atom stereocenters. The molecule has 0 spiro atoms. The van der Waals surface area contributed by atoms with Crippen molar-refractivity contribution in [3.05, 3.63) is 48.2 Å². The molecule has 6 heteroatoms. The van der Waals surface area contributed by atoms with E-state index in [-0.39, 0.29) is 11.8 Å². The van der Waals surface area contributed by atoms with E-state index in [0.29, 0.717) is 24.8 Å². The third-order valence-corrected chi connectivity index (χ3v) is 4.48. The van der Waals surface area contributed by atoms with Gasteiger partial charge in [0.1, 0.15) is 11.5 Å². The molecule has 1 aliphatic heterocycles. The normalized spacial score (nSPS) is 16.6. The third-order valence-electron chi connectivity index (χ3n) is 4.48. The maximum atomic E-state index is 12.3. The molecule has 1 aromatic heterocycles. The van der Waals surface area contributed by atoms with Gasteiger partial charge < -0.3 is 20.1 Å². The predicted octanol–water partition coefficient (Wildman–Crippen LogP) is 3.28.